The van der Waals surface area contributed by atoms with Crippen molar-refractivity contribution in [3.63, 3.8) is 0 Å². The molecule has 3 rings (SSSR count). The topological polar surface area (TPSA) is 106 Å². The maximum atomic E-state index is 12.9. The second kappa shape index (κ2) is 7.57. The lowest BCUT2D eigenvalue weighted by Gasteiger charge is -2.17. The third-order valence-corrected chi connectivity index (χ3v) is 5.54. The van der Waals surface area contributed by atoms with E-state index >= 15 is 0 Å². The molecule has 0 radical (unpaired) electrons. The normalized spacial score (nSPS) is 20.3. The molecule has 0 saturated carbocycles. The predicted molar refractivity (Wildman–Crippen MR) is 101 cm³/mol. The van der Waals surface area contributed by atoms with Crippen LogP contribution in [0.25, 0.3) is 0 Å². The Morgan fingerprint density at radius 2 is 1.81 bits per heavy atom. The highest BCUT2D eigenvalue weighted by atomic mass is 32.2. The van der Waals surface area contributed by atoms with Gasteiger partial charge in [-0.25, -0.2) is 13.6 Å². The third-order valence-electron chi connectivity index (χ3n) is 4.80. The smallest absolute Gasteiger partial charge is 0.253 e. The van der Waals surface area contributed by atoms with Crippen molar-refractivity contribution in [2.24, 2.45) is 16.8 Å². The number of benzene rings is 2. The standard InChI is InChI=1S/C19H23N3O3S/c20-10-17-11-22(12-18(17)15-6-2-1-3-7-15)19(23)16-8-4-5-14(9-16)13-26(21,24)25/h1-9,17-18H,10-13,20H2,(H2,21,24,25)/t17-,18+/m1/s1. The van der Waals surface area contributed by atoms with E-state index in [2.05, 4.69) is 12.1 Å². The van der Waals surface area contributed by atoms with Crippen LogP contribution in [-0.4, -0.2) is 38.9 Å². The molecule has 6 nitrogen and oxygen atoms in total. The third kappa shape index (κ3) is 4.30. The minimum Gasteiger partial charge on any atom is -0.338 e. The Bertz CT molecular complexity index is 884. The molecule has 0 aromatic heterocycles. The first-order chi connectivity index (χ1) is 12.4. The molecule has 1 heterocycles. The number of hydrogen-bond acceptors (Lipinski definition) is 4. The number of nitrogens with zero attached hydrogens (tertiary/aromatic N) is 1. The number of carbonyl (C=O) groups is 1. The van der Waals surface area contributed by atoms with Crippen LogP contribution in [0.2, 0.25) is 0 Å². The minimum absolute atomic E-state index is 0.113. The van der Waals surface area contributed by atoms with Crippen LogP contribution < -0.4 is 10.9 Å². The van der Waals surface area contributed by atoms with Crippen molar-refractivity contribution in [2.45, 2.75) is 11.7 Å². The zero-order valence-corrected chi connectivity index (χ0v) is 15.2. The summed E-state index contributed by atoms with van der Waals surface area (Å²) < 4.78 is 22.6. The fraction of sp³-hybridized carbons (Fsp3) is 0.316. The van der Waals surface area contributed by atoms with E-state index in [1.807, 2.05) is 18.2 Å². The van der Waals surface area contributed by atoms with E-state index in [-0.39, 0.29) is 23.5 Å². The molecule has 1 saturated heterocycles. The number of rotatable bonds is 5. The molecule has 0 unspecified atom stereocenters. The maximum Gasteiger partial charge on any atom is 0.253 e. The minimum atomic E-state index is -3.64. The van der Waals surface area contributed by atoms with Crippen molar-refractivity contribution < 1.29 is 13.2 Å². The lowest BCUT2D eigenvalue weighted by Crippen LogP contribution is -2.30. The molecular weight excluding hydrogens is 350 g/mol. The molecule has 0 bridgehead atoms. The molecule has 4 N–H and O–H groups in total. The Morgan fingerprint density at radius 1 is 1.08 bits per heavy atom. The summed E-state index contributed by atoms with van der Waals surface area (Å²) in [5, 5.41) is 5.10. The Labute approximate surface area is 153 Å². The van der Waals surface area contributed by atoms with Crippen molar-refractivity contribution in [3.05, 3.63) is 71.3 Å². The molecule has 1 amide bonds. The van der Waals surface area contributed by atoms with Gasteiger partial charge in [-0.2, -0.15) is 0 Å². The van der Waals surface area contributed by atoms with Crippen molar-refractivity contribution in [2.75, 3.05) is 19.6 Å². The molecule has 7 heteroatoms. The zero-order chi connectivity index (χ0) is 18.7. The van der Waals surface area contributed by atoms with Gasteiger partial charge in [0.05, 0.1) is 5.75 Å². The van der Waals surface area contributed by atoms with Crippen molar-refractivity contribution in [3.8, 4) is 0 Å². The molecule has 0 aliphatic carbocycles. The van der Waals surface area contributed by atoms with Crippen LogP contribution in [0.4, 0.5) is 0 Å². The molecule has 2 aromatic rings. The molecule has 138 valence electrons. The van der Waals surface area contributed by atoms with Crippen molar-refractivity contribution in [1.29, 1.82) is 0 Å². The number of sulfonamides is 1. The summed E-state index contributed by atoms with van der Waals surface area (Å²) in [5.74, 6) is 0.0106. The molecule has 1 aliphatic heterocycles. The van der Waals surface area contributed by atoms with Gasteiger partial charge in [0, 0.05) is 24.6 Å². The second-order valence-corrected chi connectivity index (χ2v) is 8.35. The predicted octanol–water partition coefficient (Wildman–Crippen LogP) is 1.29. The molecule has 2 aromatic carbocycles. The Morgan fingerprint density at radius 3 is 2.46 bits per heavy atom. The quantitative estimate of drug-likeness (QED) is 0.823. The van der Waals surface area contributed by atoms with Gasteiger partial charge in [-0.15, -0.1) is 0 Å². The lowest BCUT2D eigenvalue weighted by molar-refractivity contribution is 0.0786. The number of primary sulfonamides is 1. The molecule has 2 atom stereocenters. The fourth-order valence-corrected chi connectivity index (χ4v) is 4.21. The highest BCUT2D eigenvalue weighted by Gasteiger charge is 2.35. The van der Waals surface area contributed by atoms with Crippen molar-refractivity contribution in [1.82, 2.24) is 4.90 Å². The number of carbonyl (C=O) groups excluding carboxylic acids is 1. The number of hydrogen-bond donors (Lipinski definition) is 2. The lowest BCUT2D eigenvalue weighted by atomic mass is 9.89. The van der Waals surface area contributed by atoms with Gasteiger partial charge in [-0.3, -0.25) is 4.79 Å². The van der Waals surface area contributed by atoms with Crippen LogP contribution in [0.5, 0.6) is 0 Å². The number of likely N-dealkylation sites (tertiary alicyclic amines) is 1. The SMILES string of the molecule is NC[C@@H]1CN(C(=O)c2cccc(CS(N)(=O)=O)c2)C[C@H]1c1ccccc1. The summed E-state index contributed by atoms with van der Waals surface area (Å²) in [6.45, 7) is 1.70. The van der Waals surface area contributed by atoms with Crippen LogP contribution in [0.3, 0.4) is 0 Å². The summed E-state index contributed by atoms with van der Waals surface area (Å²) in [5.41, 5.74) is 8.09. The van der Waals surface area contributed by atoms with Crippen LogP contribution in [0.15, 0.2) is 54.6 Å². The van der Waals surface area contributed by atoms with E-state index in [0.29, 0.717) is 30.8 Å². The van der Waals surface area contributed by atoms with E-state index in [4.69, 9.17) is 10.9 Å². The first-order valence-corrected chi connectivity index (χ1v) is 10.2. The van der Waals surface area contributed by atoms with Crippen LogP contribution >= 0.6 is 0 Å². The highest BCUT2D eigenvalue weighted by molar-refractivity contribution is 7.88. The maximum absolute atomic E-state index is 12.9. The molecular formula is C19H23N3O3S. The summed E-state index contributed by atoms with van der Waals surface area (Å²) in [6.07, 6.45) is 0. The Kier molecular flexibility index (Phi) is 5.41. The summed E-state index contributed by atoms with van der Waals surface area (Å²) in [7, 11) is -3.64. The zero-order valence-electron chi connectivity index (χ0n) is 14.4. The van der Waals surface area contributed by atoms with Gasteiger partial charge in [0.25, 0.3) is 5.91 Å². The highest BCUT2D eigenvalue weighted by Crippen LogP contribution is 2.32. The monoisotopic (exact) mass is 373 g/mol. The Hall–Kier alpha value is -2.22. The van der Waals surface area contributed by atoms with E-state index < -0.39 is 10.0 Å². The molecule has 1 fully saturated rings. The van der Waals surface area contributed by atoms with Crippen molar-refractivity contribution >= 4 is 15.9 Å². The van der Waals surface area contributed by atoms with Crippen LogP contribution in [-0.2, 0) is 15.8 Å². The first-order valence-electron chi connectivity index (χ1n) is 8.51. The summed E-state index contributed by atoms with van der Waals surface area (Å²) >= 11 is 0. The Balaban J connectivity index is 1.79. The van der Waals surface area contributed by atoms with E-state index in [1.165, 1.54) is 5.56 Å². The van der Waals surface area contributed by atoms with Gasteiger partial charge < -0.3 is 10.6 Å². The van der Waals surface area contributed by atoms with Crippen LogP contribution in [0, 0.1) is 5.92 Å². The van der Waals surface area contributed by atoms with Gasteiger partial charge in [0.15, 0.2) is 0 Å². The van der Waals surface area contributed by atoms with Gasteiger partial charge in [-0.1, -0.05) is 42.5 Å². The average molecular weight is 373 g/mol. The summed E-state index contributed by atoms with van der Waals surface area (Å²) in [4.78, 5) is 14.7. The van der Waals surface area contributed by atoms with E-state index in [9.17, 15) is 13.2 Å². The average Bonchev–Trinajstić information content (AvgIpc) is 3.05. The van der Waals surface area contributed by atoms with E-state index in [1.54, 1.807) is 29.2 Å². The van der Waals surface area contributed by atoms with Gasteiger partial charge in [0.2, 0.25) is 10.0 Å². The fourth-order valence-electron chi connectivity index (χ4n) is 3.56. The van der Waals surface area contributed by atoms with Gasteiger partial charge >= 0.3 is 0 Å². The number of amides is 1. The summed E-state index contributed by atoms with van der Waals surface area (Å²) in [6, 6.07) is 16.7. The molecule has 0 spiro atoms. The van der Waals surface area contributed by atoms with E-state index in [0.717, 1.165) is 0 Å². The van der Waals surface area contributed by atoms with Crippen LogP contribution in [0.1, 0.15) is 27.4 Å². The van der Waals surface area contributed by atoms with Gasteiger partial charge in [0.1, 0.15) is 0 Å². The number of nitrogens with two attached hydrogens (primary N) is 2. The molecule has 1 aliphatic rings. The second-order valence-electron chi connectivity index (χ2n) is 6.73. The first kappa shape index (κ1) is 18.6. The molecule has 26 heavy (non-hydrogen) atoms. The largest absolute Gasteiger partial charge is 0.338 e. The van der Waals surface area contributed by atoms with Gasteiger partial charge in [-0.05, 0) is 35.7 Å².